The van der Waals surface area contributed by atoms with Gasteiger partial charge in [0.25, 0.3) is 5.91 Å². The third-order valence-corrected chi connectivity index (χ3v) is 3.17. The highest BCUT2D eigenvalue weighted by Gasteiger charge is 2.14. The van der Waals surface area contributed by atoms with Gasteiger partial charge in [-0.1, -0.05) is 23.2 Å². The van der Waals surface area contributed by atoms with Crippen LogP contribution in [-0.2, 0) is 6.54 Å². The van der Waals surface area contributed by atoms with E-state index < -0.39 is 5.91 Å². The molecule has 3 N–H and O–H groups in total. The number of nitrogens with zero attached hydrogens (tertiary/aromatic N) is 1. The Morgan fingerprint density at radius 1 is 1.47 bits per heavy atom. The molecule has 0 saturated carbocycles. The lowest BCUT2D eigenvalue weighted by atomic mass is 10.2. The zero-order valence-electron chi connectivity index (χ0n) is 10.0. The monoisotopic (exact) mass is 299 g/mol. The fraction of sp³-hybridized carbons (Fsp3) is 0.167. The Labute approximate surface area is 119 Å². The van der Waals surface area contributed by atoms with Gasteiger partial charge < -0.3 is 15.5 Å². The van der Waals surface area contributed by atoms with E-state index in [0.29, 0.717) is 17.3 Å². The van der Waals surface area contributed by atoms with Crippen LogP contribution in [0.25, 0.3) is 0 Å². The largest absolute Gasteiger partial charge is 0.444 e. The molecule has 2 aromatic rings. The molecular weight excluding hydrogens is 289 g/mol. The Bertz CT molecular complexity index is 625. The fourth-order valence-electron chi connectivity index (χ4n) is 1.51. The summed E-state index contributed by atoms with van der Waals surface area (Å²) in [5.74, 6) is 0.696. The van der Waals surface area contributed by atoms with Crippen LogP contribution < -0.4 is 11.1 Å². The molecule has 100 valence electrons. The molecule has 0 radical (unpaired) electrons. The van der Waals surface area contributed by atoms with Gasteiger partial charge in [0, 0.05) is 5.69 Å². The molecule has 0 bridgehead atoms. The predicted octanol–water partition coefficient (Wildman–Crippen LogP) is 2.80. The van der Waals surface area contributed by atoms with E-state index >= 15 is 0 Å². The second-order valence-electron chi connectivity index (χ2n) is 3.91. The van der Waals surface area contributed by atoms with E-state index in [1.54, 1.807) is 13.1 Å². The van der Waals surface area contributed by atoms with Gasteiger partial charge in [-0.05, 0) is 19.1 Å². The van der Waals surface area contributed by atoms with E-state index in [1.807, 2.05) is 0 Å². The quantitative estimate of drug-likeness (QED) is 0.854. The maximum Gasteiger partial charge on any atom is 0.253 e. The van der Waals surface area contributed by atoms with Crippen molar-refractivity contribution in [2.75, 3.05) is 5.73 Å². The van der Waals surface area contributed by atoms with Crippen LogP contribution in [0.4, 0.5) is 5.69 Å². The number of nitrogens with one attached hydrogen (secondary N) is 1. The minimum absolute atomic E-state index is 0.162. The number of nitrogen functional groups attached to an aromatic ring is 1. The van der Waals surface area contributed by atoms with E-state index in [9.17, 15) is 4.79 Å². The van der Waals surface area contributed by atoms with Gasteiger partial charge >= 0.3 is 0 Å². The minimum Gasteiger partial charge on any atom is -0.444 e. The topological polar surface area (TPSA) is 81.2 Å². The lowest BCUT2D eigenvalue weighted by Gasteiger charge is -2.07. The molecule has 1 heterocycles. The summed E-state index contributed by atoms with van der Waals surface area (Å²) in [6.07, 6.45) is 1.58. The molecule has 2 rings (SSSR count). The van der Waals surface area contributed by atoms with E-state index in [4.69, 9.17) is 33.4 Å². The van der Waals surface area contributed by atoms with Crippen molar-refractivity contribution < 1.29 is 9.21 Å². The van der Waals surface area contributed by atoms with Crippen molar-refractivity contribution in [1.82, 2.24) is 10.3 Å². The van der Waals surface area contributed by atoms with E-state index in [1.165, 1.54) is 12.1 Å². The van der Waals surface area contributed by atoms with Crippen molar-refractivity contribution >= 4 is 34.8 Å². The zero-order valence-corrected chi connectivity index (χ0v) is 11.5. The first kappa shape index (κ1) is 13.7. The van der Waals surface area contributed by atoms with Crippen LogP contribution in [-0.4, -0.2) is 10.9 Å². The van der Waals surface area contributed by atoms with Gasteiger partial charge in [-0.2, -0.15) is 0 Å². The number of carbonyl (C=O) groups excluding carboxylic acids is 1. The number of aryl methyl sites for hydroxylation is 1. The lowest BCUT2D eigenvalue weighted by Crippen LogP contribution is -2.23. The lowest BCUT2D eigenvalue weighted by molar-refractivity contribution is 0.0947. The van der Waals surface area contributed by atoms with Gasteiger partial charge in [-0.25, -0.2) is 4.98 Å². The molecule has 0 saturated heterocycles. The number of halogens is 2. The molecule has 0 fully saturated rings. The van der Waals surface area contributed by atoms with Crippen molar-refractivity contribution in [3.63, 3.8) is 0 Å². The smallest absolute Gasteiger partial charge is 0.253 e. The molecule has 0 aliphatic heterocycles. The van der Waals surface area contributed by atoms with Crippen molar-refractivity contribution in [3.8, 4) is 0 Å². The number of benzene rings is 1. The second kappa shape index (κ2) is 5.50. The Kier molecular flexibility index (Phi) is 3.97. The number of nitrogens with two attached hydrogens (primary N) is 1. The van der Waals surface area contributed by atoms with Gasteiger partial charge in [0.1, 0.15) is 5.76 Å². The normalized spacial score (nSPS) is 10.5. The van der Waals surface area contributed by atoms with Crippen LogP contribution in [0, 0.1) is 6.92 Å². The average Bonchev–Trinajstić information content (AvgIpc) is 2.76. The Morgan fingerprint density at radius 2 is 2.21 bits per heavy atom. The number of amides is 1. The first-order chi connectivity index (χ1) is 8.97. The molecule has 0 aliphatic carbocycles. The van der Waals surface area contributed by atoms with Gasteiger partial charge in [0.05, 0.1) is 28.4 Å². The summed E-state index contributed by atoms with van der Waals surface area (Å²) in [4.78, 5) is 15.9. The number of oxazole rings is 1. The zero-order chi connectivity index (χ0) is 14.0. The molecule has 0 aliphatic rings. The maximum absolute atomic E-state index is 12.0. The Morgan fingerprint density at radius 3 is 2.84 bits per heavy atom. The van der Waals surface area contributed by atoms with Crippen LogP contribution in [0.2, 0.25) is 10.0 Å². The summed E-state index contributed by atoms with van der Waals surface area (Å²) in [5.41, 5.74) is 6.21. The predicted molar refractivity (Wildman–Crippen MR) is 73.3 cm³/mol. The highest BCUT2D eigenvalue weighted by molar-refractivity contribution is 6.44. The summed E-state index contributed by atoms with van der Waals surface area (Å²) in [5, 5.41) is 3.03. The van der Waals surface area contributed by atoms with Crippen molar-refractivity contribution in [2.24, 2.45) is 0 Å². The third kappa shape index (κ3) is 3.19. The molecule has 1 aromatic heterocycles. The number of anilines is 1. The maximum atomic E-state index is 12.0. The molecule has 1 aromatic carbocycles. The van der Waals surface area contributed by atoms with E-state index in [2.05, 4.69) is 10.3 Å². The Hall–Kier alpha value is -1.72. The number of carbonyl (C=O) groups is 1. The summed E-state index contributed by atoms with van der Waals surface area (Å²) >= 11 is 11.8. The molecule has 0 spiro atoms. The van der Waals surface area contributed by atoms with Crippen LogP contribution >= 0.6 is 23.2 Å². The van der Waals surface area contributed by atoms with E-state index in [-0.39, 0.29) is 22.2 Å². The molecule has 1 amide bonds. The summed E-state index contributed by atoms with van der Waals surface area (Å²) in [7, 11) is 0. The molecule has 0 atom stereocenters. The van der Waals surface area contributed by atoms with E-state index in [0.717, 1.165) is 0 Å². The fourth-order valence-corrected chi connectivity index (χ4v) is 1.93. The van der Waals surface area contributed by atoms with Gasteiger partial charge in [0.15, 0.2) is 0 Å². The molecule has 5 nitrogen and oxygen atoms in total. The summed E-state index contributed by atoms with van der Waals surface area (Å²) < 4.78 is 5.24. The first-order valence-electron chi connectivity index (χ1n) is 5.41. The van der Waals surface area contributed by atoms with Crippen LogP contribution in [0.5, 0.6) is 0 Å². The Balaban J connectivity index is 2.12. The molecule has 0 unspecified atom stereocenters. The van der Waals surface area contributed by atoms with Crippen LogP contribution in [0.15, 0.2) is 22.7 Å². The van der Waals surface area contributed by atoms with Gasteiger partial charge in [-0.3, -0.25) is 4.79 Å². The number of rotatable bonds is 3. The number of hydrogen-bond donors (Lipinski definition) is 2. The van der Waals surface area contributed by atoms with Crippen molar-refractivity contribution in [3.05, 3.63) is 45.6 Å². The summed E-state index contributed by atoms with van der Waals surface area (Å²) in [6, 6.07) is 2.95. The SMILES string of the molecule is Cc1cnc(CNC(=O)c2cc(N)cc(Cl)c2Cl)o1. The summed E-state index contributed by atoms with van der Waals surface area (Å²) in [6.45, 7) is 1.93. The van der Waals surface area contributed by atoms with Crippen molar-refractivity contribution in [1.29, 1.82) is 0 Å². The van der Waals surface area contributed by atoms with Crippen LogP contribution in [0.3, 0.4) is 0 Å². The van der Waals surface area contributed by atoms with Gasteiger partial charge in [0.2, 0.25) is 5.89 Å². The minimum atomic E-state index is -0.393. The molecule has 19 heavy (non-hydrogen) atoms. The molecular formula is C12H11Cl2N3O2. The standard InChI is InChI=1S/C12H11Cl2N3O2/c1-6-4-16-10(19-6)5-17-12(18)8-2-7(15)3-9(13)11(8)14/h2-4H,5,15H2,1H3,(H,17,18). The van der Waals surface area contributed by atoms with Crippen molar-refractivity contribution in [2.45, 2.75) is 13.5 Å². The number of hydrogen-bond acceptors (Lipinski definition) is 4. The highest BCUT2D eigenvalue weighted by Crippen LogP contribution is 2.28. The first-order valence-corrected chi connectivity index (χ1v) is 6.17. The third-order valence-electron chi connectivity index (χ3n) is 2.36. The number of aromatic nitrogens is 1. The highest BCUT2D eigenvalue weighted by atomic mass is 35.5. The second-order valence-corrected chi connectivity index (χ2v) is 4.70. The van der Waals surface area contributed by atoms with Gasteiger partial charge in [-0.15, -0.1) is 0 Å². The average molecular weight is 300 g/mol. The molecule has 7 heteroatoms. The van der Waals surface area contributed by atoms with Crippen LogP contribution in [0.1, 0.15) is 22.0 Å².